The maximum Gasteiger partial charge on any atom is 0.328 e. The van der Waals surface area contributed by atoms with E-state index >= 15 is 0 Å². The minimum Gasteiger partial charge on any atom is -0.478 e. The Balaban J connectivity index is 0.000000675. The second-order valence-corrected chi connectivity index (χ2v) is 10.5. The maximum absolute atomic E-state index is 12.6. The molecule has 16 heteroatoms. The molecule has 0 aliphatic rings. The lowest BCUT2D eigenvalue weighted by atomic mass is 10.2. The Bertz CT molecular complexity index is 1400. The highest BCUT2D eigenvalue weighted by molar-refractivity contribution is 7.39. The molecular weight excluding hydrogens is 571 g/mol. The number of aromatic nitrogens is 4. The van der Waals surface area contributed by atoms with E-state index in [1.54, 1.807) is 29.1 Å². The molecule has 228 valence electrons. The van der Waals surface area contributed by atoms with Crippen LogP contribution in [-0.4, -0.2) is 72.2 Å². The van der Waals surface area contributed by atoms with Crippen molar-refractivity contribution in [1.82, 2.24) is 19.5 Å². The molecule has 2 aromatic heterocycles. The third-order valence-electron chi connectivity index (χ3n) is 5.09. The van der Waals surface area contributed by atoms with E-state index in [1.807, 2.05) is 33.8 Å². The number of ether oxygens (including phenoxy) is 2. The van der Waals surface area contributed by atoms with Crippen LogP contribution in [0.3, 0.4) is 0 Å². The molecule has 1 aromatic carbocycles. The Morgan fingerprint density at radius 2 is 1.74 bits per heavy atom. The topological polar surface area (TPSA) is 218 Å². The zero-order valence-electron chi connectivity index (χ0n) is 23.6. The number of benzene rings is 1. The van der Waals surface area contributed by atoms with E-state index in [9.17, 15) is 18.9 Å². The van der Waals surface area contributed by atoms with E-state index in [2.05, 4.69) is 20.3 Å². The zero-order valence-corrected chi connectivity index (χ0v) is 24.6. The fourth-order valence-corrected chi connectivity index (χ4v) is 4.32. The molecule has 0 radical (unpaired) electrons. The van der Waals surface area contributed by atoms with E-state index in [1.165, 1.54) is 6.33 Å². The van der Waals surface area contributed by atoms with Gasteiger partial charge < -0.3 is 39.8 Å². The minimum absolute atomic E-state index is 0.0554. The van der Waals surface area contributed by atoms with E-state index in [0.717, 1.165) is 0 Å². The fraction of sp³-hybridized carbons (Fsp3) is 0.385. The first-order chi connectivity index (χ1) is 19.8. The van der Waals surface area contributed by atoms with Crippen molar-refractivity contribution in [2.75, 3.05) is 17.4 Å². The Hall–Kier alpha value is -4.49. The number of fused-ring (bicyclic) bond motifs is 1. The molecule has 15 nitrogen and oxygen atoms in total. The van der Waals surface area contributed by atoms with E-state index < -0.39 is 20.0 Å². The van der Waals surface area contributed by atoms with Gasteiger partial charge in [0.25, 0.3) is 8.03 Å². The van der Waals surface area contributed by atoms with Gasteiger partial charge in [0.1, 0.15) is 23.9 Å². The summed E-state index contributed by atoms with van der Waals surface area (Å²) in [7, 11) is -2.53. The van der Waals surface area contributed by atoms with Gasteiger partial charge in [-0.3, -0.25) is 9.36 Å². The summed E-state index contributed by atoms with van der Waals surface area (Å²) >= 11 is 0. The number of imidazole rings is 1. The molecule has 0 bridgehead atoms. The number of nitrogens with zero attached hydrogens (tertiary/aromatic N) is 4. The average molecular weight is 607 g/mol. The highest BCUT2D eigenvalue weighted by Gasteiger charge is 2.16. The normalized spacial score (nSPS) is 13.2. The molecule has 5 N–H and O–H groups in total. The average Bonchev–Trinajstić information content (AvgIpc) is 3.31. The number of carbonyl (C=O) groups is 3. The molecule has 0 aliphatic heterocycles. The number of hydrogen-bond donors (Lipinski definition) is 4. The quantitative estimate of drug-likeness (QED) is 0.118. The molecular formula is C26H35N6O9P. The van der Waals surface area contributed by atoms with Crippen LogP contribution in [-0.2, 0) is 35.0 Å². The lowest BCUT2D eigenvalue weighted by Gasteiger charge is -2.19. The SMILES string of the molecule is CC(CC(=O)OC(C)C)Nc1ccccc1O[P@H](=O)COC(C)Cn1cnc2c(N)ncnc21.O=C(O)C=CC(=O)O. The number of carboxylic acids is 2. The number of carboxylic acid groups (broad SMARTS) is 2. The number of rotatable bonds is 14. The van der Waals surface area contributed by atoms with Crippen LogP contribution in [0.1, 0.15) is 34.1 Å². The summed E-state index contributed by atoms with van der Waals surface area (Å²) in [6.07, 6.45) is 3.82. The molecule has 3 rings (SSSR count). The van der Waals surface area contributed by atoms with Crippen LogP contribution in [0, 0.1) is 0 Å². The van der Waals surface area contributed by atoms with Crippen molar-refractivity contribution < 1.29 is 43.2 Å². The van der Waals surface area contributed by atoms with Gasteiger partial charge in [-0.2, -0.15) is 0 Å². The first-order valence-corrected chi connectivity index (χ1v) is 14.3. The Morgan fingerprint density at radius 1 is 1.07 bits per heavy atom. The van der Waals surface area contributed by atoms with Crippen molar-refractivity contribution >= 4 is 48.6 Å². The number of para-hydroxylation sites is 2. The second kappa shape index (κ2) is 16.7. The van der Waals surface area contributed by atoms with Crippen LogP contribution in [0.4, 0.5) is 11.5 Å². The smallest absolute Gasteiger partial charge is 0.328 e. The van der Waals surface area contributed by atoms with Crippen molar-refractivity contribution in [3.8, 4) is 5.75 Å². The van der Waals surface area contributed by atoms with Crippen LogP contribution in [0.5, 0.6) is 5.75 Å². The van der Waals surface area contributed by atoms with Crippen molar-refractivity contribution in [2.24, 2.45) is 0 Å². The van der Waals surface area contributed by atoms with Crippen molar-refractivity contribution in [3.05, 3.63) is 49.1 Å². The molecule has 42 heavy (non-hydrogen) atoms. The Kier molecular flexibility index (Phi) is 13.4. The first-order valence-electron chi connectivity index (χ1n) is 12.8. The summed E-state index contributed by atoms with van der Waals surface area (Å²) in [6, 6.07) is 6.94. The molecule has 0 saturated heterocycles. The van der Waals surface area contributed by atoms with Gasteiger partial charge >= 0.3 is 17.9 Å². The Morgan fingerprint density at radius 3 is 2.38 bits per heavy atom. The third-order valence-corrected chi connectivity index (χ3v) is 5.94. The van der Waals surface area contributed by atoms with Crippen molar-refractivity contribution in [2.45, 2.75) is 58.9 Å². The molecule has 2 unspecified atom stereocenters. The van der Waals surface area contributed by atoms with E-state index in [-0.39, 0.29) is 37.0 Å². The summed E-state index contributed by atoms with van der Waals surface area (Å²) in [6.45, 7) is 7.79. The van der Waals surface area contributed by atoms with Gasteiger partial charge in [-0.15, -0.1) is 0 Å². The monoisotopic (exact) mass is 606 g/mol. The number of anilines is 2. The largest absolute Gasteiger partial charge is 0.478 e. The van der Waals surface area contributed by atoms with Gasteiger partial charge in [-0.25, -0.2) is 24.5 Å². The van der Waals surface area contributed by atoms with Crippen LogP contribution < -0.4 is 15.6 Å². The van der Waals surface area contributed by atoms with Gasteiger partial charge in [-0.05, 0) is 39.8 Å². The predicted molar refractivity (Wildman–Crippen MR) is 155 cm³/mol. The molecule has 3 atom stereocenters. The standard InChI is InChI=1S/C22H31N6O5P.C4H4O4/c1-14(2)32-19(29)9-15(3)27-17-7-5-6-8-18(17)33-34(30)13-31-16(4)10-28-12-26-20-21(23)24-11-25-22(20)28;5-3(6)1-2-4(7)8/h5-8,11-12,14-16,27,34H,9-10,13H2,1-4H3,(H2,23,24,25);1-2H,(H,5,6)(H,7,8). The number of aliphatic carboxylic acids is 2. The lowest BCUT2D eigenvalue weighted by Crippen LogP contribution is -2.23. The number of nitrogen functional groups attached to an aromatic ring is 1. The van der Waals surface area contributed by atoms with E-state index in [0.29, 0.717) is 47.1 Å². The summed E-state index contributed by atoms with van der Waals surface area (Å²) in [4.78, 5) is 43.4. The second-order valence-electron chi connectivity index (χ2n) is 9.22. The van der Waals surface area contributed by atoms with Crippen LogP contribution in [0.15, 0.2) is 49.1 Å². The Labute approximate surface area is 242 Å². The van der Waals surface area contributed by atoms with Gasteiger partial charge in [0.05, 0.1) is 37.2 Å². The lowest BCUT2D eigenvalue weighted by molar-refractivity contribution is -0.147. The molecule has 0 aliphatic carbocycles. The zero-order chi connectivity index (χ0) is 31.2. The van der Waals surface area contributed by atoms with Crippen molar-refractivity contribution in [3.63, 3.8) is 0 Å². The maximum atomic E-state index is 12.6. The molecule has 2 heterocycles. The molecule has 0 spiro atoms. The molecule has 0 fully saturated rings. The van der Waals surface area contributed by atoms with Gasteiger partial charge in [0.15, 0.2) is 11.5 Å². The van der Waals surface area contributed by atoms with E-state index in [4.69, 9.17) is 29.9 Å². The third kappa shape index (κ3) is 11.9. The summed E-state index contributed by atoms with van der Waals surface area (Å²) in [5, 5.41) is 18.8. The molecule has 0 saturated carbocycles. The number of nitrogens with one attached hydrogen (secondary N) is 1. The number of carbonyl (C=O) groups excluding carboxylic acids is 1. The number of hydrogen-bond acceptors (Lipinski definition) is 12. The fourth-order valence-electron chi connectivity index (χ4n) is 3.42. The van der Waals surface area contributed by atoms with Gasteiger partial charge in [0.2, 0.25) is 0 Å². The predicted octanol–water partition coefficient (Wildman–Crippen LogP) is 3.18. The summed E-state index contributed by atoms with van der Waals surface area (Å²) < 4.78 is 31.0. The highest BCUT2D eigenvalue weighted by Crippen LogP contribution is 2.34. The summed E-state index contributed by atoms with van der Waals surface area (Å²) in [5.41, 5.74) is 7.60. The number of nitrogens with two attached hydrogens (primary N) is 1. The van der Waals surface area contributed by atoms with Gasteiger partial charge in [0, 0.05) is 18.2 Å². The molecule has 3 aromatic rings. The first kappa shape index (κ1) is 33.7. The van der Waals surface area contributed by atoms with Crippen LogP contribution in [0.2, 0.25) is 0 Å². The molecule has 0 amide bonds. The number of esters is 1. The summed E-state index contributed by atoms with van der Waals surface area (Å²) in [5.74, 6) is -2.06. The van der Waals surface area contributed by atoms with Gasteiger partial charge in [-0.1, -0.05) is 12.1 Å². The van der Waals surface area contributed by atoms with Crippen molar-refractivity contribution in [1.29, 1.82) is 0 Å². The highest BCUT2D eigenvalue weighted by atomic mass is 31.1. The van der Waals surface area contributed by atoms with Crippen LogP contribution in [0.25, 0.3) is 11.2 Å². The van der Waals surface area contributed by atoms with Crippen LogP contribution >= 0.6 is 8.03 Å². The minimum atomic E-state index is -2.53.